The third-order valence-electron chi connectivity index (χ3n) is 3.27. The molecule has 0 saturated carbocycles. The quantitative estimate of drug-likeness (QED) is 0.776. The molecule has 1 fully saturated rings. The van der Waals surface area contributed by atoms with Gasteiger partial charge in [0.25, 0.3) is 0 Å². The molecule has 4 heteroatoms. The van der Waals surface area contributed by atoms with E-state index in [0.29, 0.717) is 6.04 Å². The molecule has 0 bridgehead atoms. The Hall–Kier alpha value is -0.870. The van der Waals surface area contributed by atoms with Crippen molar-refractivity contribution in [3.63, 3.8) is 0 Å². The first-order valence-corrected chi connectivity index (χ1v) is 5.62. The fourth-order valence-corrected chi connectivity index (χ4v) is 2.18. The van der Waals surface area contributed by atoms with Gasteiger partial charge in [-0.3, -0.25) is 9.58 Å². The zero-order valence-corrected chi connectivity index (χ0v) is 9.61. The number of nitrogens with two attached hydrogens (primary N) is 1. The molecule has 84 valence electrons. The molecule has 2 rings (SSSR count). The molecule has 1 saturated heterocycles. The third kappa shape index (κ3) is 2.38. The van der Waals surface area contributed by atoms with Crippen molar-refractivity contribution in [2.45, 2.75) is 32.4 Å². The van der Waals surface area contributed by atoms with Gasteiger partial charge in [0, 0.05) is 37.4 Å². The Morgan fingerprint density at radius 3 is 3.00 bits per heavy atom. The zero-order chi connectivity index (χ0) is 10.8. The summed E-state index contributed by atoms with van der Waals surface area (Å²) in [6.07, 6.45) is 4.36. The maximum absolute atomic E-state index is 5.96. The molecular formula is C11H20N4. The van der Waals surface area contributed by atoms with Crippen molar-refractivity contribution < 1.29 is 0 Å². The minimum absolute atomic E-state index is 0.357. The van der Waals surface area contributed by atoms with Gasteiger partial charge in [-0.25, -0.2) is 0 Å². The first-order chi connectivity index (χ1) is 7.16. The van der Waals surface area contributed by atoms with Gasteiger partial charge in [0.2, 0.25) is 0 Å². The Balaban J connectivity index is 1.99. The number of nitrogens with zero attached hydrogens (tertiary/aromatic N) is 3. The lowest BCUT2D eigenvalue weighted by Crippen LogP contribution is -2.42. The smallest absolute Gasteiger partial charge is 0.0537 e. The molecule has 1 aromatic rings. The molecule has 15 heavy (non-hydrogen) atoms. The molecule has 0 aromatic carbocycles. The molecule has 0 unspecified atom stereocenters. The van der Waals surface area contributed by atoms with E-state index in [-0.39, 0.29) is 0 Å². The van der Waals surface area contributed by atoms with E-state index in [9.17, 15) is 0 Å². The van der Waals surface area contributed by atoms with Gasteiger partial charge in [-0.2, -0.15) is 5.10 Å². The number of hydrogen-bond acceptors (Lipinski definition) is 3. The first-order valence-electron chi connectivity index (χ1n) is 5.62. The maximum atomic E-state index is 5.96. The van der Waals surface area contributed by atoms with Crippen LogP contribution >= 0.6 is 0 Å². The summed E-state index contributed by atoms with van der Waals surface area (Å²) in [5.74, 6) is 0. The molecule has 1 atom stereocenters. The first kappa shape index (κ1) is 10.6. The highest BCUT2D eigenvalue weighted by molar-refractivity contribution is 5.15. The second-order valence-corrected chi connectivity index (χ2v) is 4.52. The molecule has 2 N–H and O–H groups in total. The summed E-state index contributed by atoms with van der Waals surface area (Å²) in [6, 6.07) is 0.357. The predicted octanol–water partition coefficient (Wildman–Crippen LogP) is 0.652. The molecule has 1 aliphatic heterocycles. The average Bonchev–Trinajstić information content (AvgIpc) is 2.50. The lowest BCUT2D eigenvalue weighted by Gasteiger charge is -2.30. The number of aromatic nitrogens is 2. The van der Waals surface area contributed by atoms with E-state index in [1.54, 1.807) is 0 Å². The summed E-state index contributed by atoms with van der Waals surface area (Å²) in [5.41, 5.74) is 8.54. The summed E-state index contributed by atoms with van der Waals surface area (Å²) in [6.45, 7) is 5.30. The van der Waals surface area contributed by atoms with Gasteiger partial charge in [-0.05, 0) is 26.3 Å². The summed E-state index contributed by atoms with van der Waals surface area (Å²) in [7, 11) is 1.99. The Labute approximate surface area is 91.1 Å². The van der Waals surface area contributed by atoms with Crippen LogP contribution in [0.25, 0.3) is 0 Å². The second kappa shape index (κ2) is 4.33. The van der Waals surface area contributed by atoms with Crippen molar-refractivity contribution >= 4 is 0 Å². The lowest BCUT2D eigenvalue weighted by molar-refractivity contribution is 0.201. The van der Waals surface area contributed by atoms with Crippen LogP contribution in [0.4, 0.5) is 0 Å². The minimum atomic E-state index is 0.357. The summed E-state index contributed by atoms with van der Waals surface area (Å²) in [5, 5.41) is 4.26. The predicted molar refractivity (Wildman–Crippen MR) is 60.4 cm³/mol. The van der Waals surface area contributed by atoms with Gasteiger partial charge in [0.1, 0.15) is 0 Å². The lowest BCUT2D eigenvalue weighted by atomic mass is 10.1. The van der Waals surface area contributed by atoms with Gasteiger partial charge in [0.05, 0.1) is 6.20 Å². The summed E-state index contributed by atoms with van der Waals surface area (Å²) in [4.78, 5) is 2.43. The molecule has 4 nitrogen and oxygen atoms in total. The van der Waals surface area contributed by atoms with Crippen LogP contribution in [-0.2, 0) is 13.6 Å². The van der Waals surface area contributed by atoms with Gasteiger partial charge in [0.15, 0.2) is 0 Å². The van der Waals surface area contributed by atoms with Crippen LogP contribution in [0.3, 0.4) is 0 Å². The van der Waals surface area contributed by atoms with E-state index in [1.807, 2.05) is 17.9 Å². The van der Waals surface area contributed by atoms with E-state index < -0.39 is 0 Å². The molecule has 1 aromatic heterocycles. The molecule has 0 spiro atoms. The fraction of sp³-hybridized carbons (Fsp3) is 0.727. The normalized spacial score (nSPS) is 23.3. The zero-order valence-electron chi connectivity index (χ0n) is 9.61. The van der Waals surface area contributed by atoms with Crippen molar-refractivity contribution in [3.8, 4) is 0 Å². The highest BCUT2D eigenvalue weighted by Crippen LogP contribution is 2.14. The number of piperidine rings is 1. The van der Waals surface area contributed by atoms with E-state index in [1.165, 1.54) is 30.6 Å². The molecular weight excluding hydrogens is 188 g/mol. The van der Waals surface area contributed by atoms with Crippen LogP contribution < -0.4 is 5.73 Å². The second-order valence-electron chi connectivity index (χ2n) is 4.52. The van der Waals surface area contributed by atoms with E-state index in [2.05, 4.69) is 16.9 Å². The number of aryl methyl sites for hydroxylation is 1. The fourth-order valence-electron chi connectivity index (χ4n) is 2.18. The Morgan fingerprint density at radius 2 is 2.40 bits per heavy atom. The standard InChI is InChI=1S/C11H20N4/c1-9-10(6-13-14(9)2)7-15-5-3-4-11(12)8-15/h6,11H,3-5,7-8,12H2,1-2H3/t11-/m1/s1. The van der Waals surface area contributed by atoms with Crippen molar-refractivity contribution in [1.82, 2.24) is 14.7 Å². The van der Waals surface area contributed by atoms with Crippen molar-refractivity contribution in [3.05, 3.63) is 17.5 Å². The monoisotopic (exact) mass is 208 g/mol. The molecule has 0 amide bonds. The van der Waals surface area contributed by atoms with Crippen LogP contribution in [0.5, 0.6) is 0 Å². The van der Waals surface area contributed by atoms with Crippen LogP contribution in [0, 0.1) is 6.92 Å². The average molecular weight is 208 g/mol. The summed E-state index contributed by atoms with van der Waals surface area (Å²) >= 11 is 0. The molecule has 1 aliphatic rings. The Bertz CT molecular complexity index is 331. The minimum Gasteiger partial charge on any atom is -0.327 e. The largest absolute Gasteiger partial charge is 0.327 e. The van der Waals surface area contributed by atoms with Gasteiger partial charge in [-0.15, -0.1) is 0 Å². The van der Waals surface area contributed by atoms with Crippen LogP contribution in [0.1, 0.15) is 24.1 Å². The van der Waals surface area contributed by atoms with Crippen LogP contribution in [0.2, 0.25) is 0 Å². The topological polar surface area (TPSA) is 47.1 Å². The number of hydrogen-bond donors (Lipinski definition) is 1. The van der Waals surface area contributed by atoms with Crippen molar-refractivity contribution in [2.24, 2.45) is 12.8 Å². The van der Waals surface area contributed by atoms with E-state index >= 15 is 0 Å². The third-order valence-corrected chi connectivity index (χ3v) is 3.27. The Kier molecular flexibility index (Phi) is 3.07. The summed E-state index contributed by atoms with van der Waals surface area (Å²) < 4.78 is 1.93. The maximum Gasteiger partial charge on any atom is 0.0537 e. The highest BCUT2D eigenvalue weighted by atomic mass is 15.3. The van der Waals surface area contributed by atoms with E-state index in [4.69, 9.17) is 5.73 Å². The van der Waals surface area contributed by atoms with Gasteiger partial charge in [-0.1, -0.05) is 0 Å². The van der Waals surface area contributed by atoms with Gasteiger partial charge < -0.3 is 5.73 Å². The highest BCUT2D eigenvalue weighted by Gasteiger charge is 2.17. The van der Waals surface area contributed by atoms with Crippen LogP contribution in [0.15, 0.2) is 6.20 Å². The van der Waals surface area contributed by atoms with E-state index in [0.717, 1.165) is 13.1 Å². The van der Waals surface area contributed by atoms with Gasteiger partial charge >= 0.3 is 0 Å². The number of likely N-dealkylation sites (tertiary alicyclic amines) is 1. The molecule has 0 aliphatic carbocycles. The molecule has 0 radical (unpaired) electrons. The van der Waals surface area contributed by atoms with Crippen molar-refractivity contribution in [2.75, 3.05) is 13.1 Å². The molecule has 2 heterocycles. The SMILES string of the molecule is Cc1c(CN2CCC[C@@H](N)C2)cnn1C. The van der Waals surface area contributed by atoms with Crippen molar-refractivity contribution in [1.29, 1.82) is 0 Å². The Morgan fingerprint density at radius 1 is 1.60 bits per heavy atom. The number of rotatable bonds is 2. The van der Waals surface area contributed by atoms with Crippen LogP contribution in [-0.4, -0.2) is 33.8 Å².